The van der Waals surface area contributed by atoms with Gasteiger partial charge in [-0.25, -0.2) is 22.8 Å². The molecule has 21 heteroatoms. The minimum absolute atomic E-state index is 0.00265. The number of nitrogens with zero attached hydrogens (tertiary/aromatic N) is 9. The molecule has 4 atom stereocenters. The number of aryl methyl sites for hydroxylation is 2. The second-order valence-corrected chi connectivity index (χ2v) is 23.9. The number of ether oxygens (including phenoxy) is 3. The van der Waals surface area contributed by atoms with Crippen LogP contribution in [0, 0.1) is 23.4 Å². The first-order chi connectivity index (χ1) is 39.2. The van der Waals surface area contributed by atoms with E-state index >= 15 is 13.2 Å². The molecule has 10 heterocycles. The number of likely N-dealkylation sites (tertiary alicyclic amines) is 2. The van der Waals surface area contributed by atoms with E-state index in [2.05, 4.69) is 25.0 Å². The molecular weight excluding hydrogens is 1050 g/mol. The molecule has 6 aromatic rings. The Bertz CT molecular complexity index is 3560. The Kier molecular flexibility index (Phi) is 14.0. The van der Waals surface area contributed by atoms with E-state index in [9.17, 15) is 24.3 Å². The van der Waals surface area contributed by atoms with Crippen molar-refractivity contribution in [3.05, 3.63) is 81.7 Å². The molecule has 7 aliphatic heterocycles. The number of carbonyl (C=O) groups excluding carboxylic acids is 3. The number of rotatable bonds is 12. The lowest BCUT2D eigenvalue weighted by Crippen LogP contribution is -2.56. The Labute approximate surface area is 466 Å². The Morgan fingerprint density at radius 3 is 2.46 bits per heavy atom. The van der Waals surface area contributed by atoms with E-state index in [1.807, 2.05) is 11.8 Å². The summed E-state index contributed by atoms with van der Waals surface area (Å²) in [7, 11) is 1.62. The number of piperidine rings is 4. The predicted molar refractivity (Wildman–Crippen MR) is 296 cm³/mol. The third-order valence-electron chi connectivity index (χ3n) is 19.3. The Morgan fingerprint density at radius 1 is 0.889 bits per heavy atom. The number of aromatic hydroxyl groups is 1. The molecule has 7 aliphatic rings. The quantitative estimate of drug-likeness (QED) is 0.112. The zero-order valence-electron chi connectivity index (χ0n) is 46.0. The number of amides is 3. The summed E-state index contributed by atoms with van der Waals surface area (Å²) < 4.78 is 70.1. The topological polar surface area (TPSA) is 190 Å². The van der Waals surface area contributed by atoms with Crippen LogP contribution in [0.3, 0.4) is 0 Å². The first-order valence-electron chi connectivity index (χ1n) is 29.2. The minimum atomic E-state index is -0.878. The molecule has 1 unspecified atom stereocenters. The van der Waals surface area contributed by atoms with Gasteiger partial charge in [0.25, 0.3) is 0 Å². The minimum Gasteiger partial charge on any atom is -0.508 e. The number of halogens is 3. The summed E-state index contributed by atoms with van der Waals surface area (Å²) in [5.41, 5.74) is 1.03. The van der Waals surface area contributed by atoms with Gasteiger partial charge in [0.05, 0.1) is 34.2 Å². The van der Waals surface area contributed by atoms with Crippen LogP contribution in [0.2, 0.25) is 0 Å². The molecule has 7 fully saturated rings. The van der Waals surface area contributed by atoms with E-state index in [-0.39, 0.29) is 89.7 Å². The summed E-state index contributed by atoms with van der Waals surface area (Å²) >= 11 is 0. The van der Waals surface area contributed by atoms with Gasteiger partial charge in [-0.15, -0.1) is 0 Å². The monoisotopic (exact) mass is 1110 g/mol. The summed E-state index contributed by atoms with van der Waals surface area (Å²) in [4.78, 5) is 74.6. The molecule has 2 N–H and O–H groups in total. The van der Waals surface area contributed by atoms with Crippen LogP contribution in [0.5, 0.6) is 11.8 Å². The largest absolute Gasteiger partial charge is 0.508 e. The van der Waals surface area contributed by atoms with Crippen molar-refractivity contribution in [2.45, 2.75) is 126 Å². The fraction of sp³-hybridized carbons (Fsp3) is 0.550. The normalized spacial score (nSPS) is 25.1. The molecule has 13 rings (SSSR count). The maximum atomic E-state index is 17.4. The van der Waals surface area contributed by atoms with Crippen molar-refractivity contribution >= 4 is 56.4 Å². The number of phenols is 1. The fourth-order valence-corrected chi connectivity index (χ4v) is 14.8. The van der Waals surface area contributed by atoms with Gasteiger partial charge in [-0.05, 0) is 155 Å². The zero-order valence-corrected chi connectivity index (χ0v) is 46.0. The van der Waals surface area contributed by atoms with Crippen LogP contribution in [0.15, 0.2) is 47.4 Å². The summed E-state index contributed by atoms with van der Waals surface area (Å²) in [6, 6.07) is 8.19. The number of pyridine rings is 1. The van der Waals surface area contributed by atoms with Crippen molar-refractivity contribution in [3.63, 3.8) is 0 Å². The third-order valence-corrected chi connectivity index (χ3v) is 19.3. The van der Waals surface area contributed by atoms with Crippen LogP contribution in [0.4, 0.5) is 23.8 Å². The van der Waals surface area contributed by atoms with E-state index in [1.54, 1.807) is 31.4 Å². The molecule has 1 spiro atoms. The van der Waals surface area contributed by atoms with Gasteiger partial charge in [0.1, 0.15) is 53.7 Å². The SMILES string of the molecule is CCc1c(F)ccc2cc(O)cc(-c3ncc4c(N5CCC[C@@]6(CCO6)C5)nc(OC[C@@]56CCCN5[C@H](COC(=O)N5CCC(CN7CCC(c8cc9c(cc8F)n(C8CCC(=O)NC8=O)c(=O)n9C)CC7)CC5)CC6)nc4c3F)c12. The van der Waals surface area contributed by atoms with Crippen molar-refractivity contribution in [1.82, 2.24) is 44.1 Å². The van der Waals surface area contributed by atoms with E-state index in [0.717, 1.165) is 96.8 Å². The number of aromatic nitrogens is 5. The number of hydrogen-bond donors (Lipinski definition) is 2. The number of benzene rings is 3. The number of carbonyl (C=O) groups is 3. The number of imide groups is 1. The molecule has 3 amide bonds. The maximum Gasteiger partial charge on any atom is 0.409 e. The van der Waals surface area contributed by atoms with Crippen LogP contribution in [-0.2, 0) is 32.5 Å². The Morgan fingerprint density at radius 2 is 1.69 bits per heavy atom. The van der Waals surface area contributed by atoms with E-state index < -0.39 is 35.1 Å². The highest BCUT2D eigenvalue weighted by atomic mass is 19.1. The first-order valence-corrected chi connectivity index (χ1v) is 29.2. The highest BCUT2D eigenvalue weighted by molar-refractivity contribution is 6.02. The third kappa shape index (κ3) is 9.63. The lowest BCUT2D eigenvalue weighted by Gasteiger charge is -2.48. The second kappa shape index (κ2) is 21.2. The second-order valence-electron chi connectivity index (χ2n) is 23.9. The van der Waals surface area contributed by atoms with Crippen LogP contribution in [-0.4, -0.2) is 151 Å². The Hall–Kier alpha value is -6.84. The van der Waals surface area contributed by atoms with E-state index in [4.69, 9.17) is 24.2 Å². The summed E-state index contributed by atoms with van der Waals surface area (Å²) in [5, 5.41) is 14.6. The average Bonchev–Trinajstić information content (AvgIpc) is 4.19. The molecule has 18 nitrogen and oxygen atoms in total. The zero-order chi connectivity index (χ0) is 55.9. The first kappa shape index (κ1) is 53.5. The summed E-state index contributed by atoms with van der Waals surface area (Å²) in [6.45, 7) is 8.84. The standard InChI is InChI=1S/C60H69F3N10O8/c1-3-40-44(61)7-6-37-26-39(74)27-42(50(37)40)52-51(63)53-43(30-64-52)54(71-19-5-16-60(33-71)18-25-81-60)67-56(66-53)80-34-59-15-4-20-72(59)38(10-17-59)32-79-58(78)70-23-11-35(12-24-70)31-69-21-13-36(14-22-69)41-28-47-48(29-45(41)62)73(57(77)68(47)2)46-8-9-49(75)65-55(46)76/h6-7,26-30,35-36,38,46,74H,3-5,8-25,31-34H2,1-2H3,(H,65,75,76)/t38-,46?,59-,60+/m0/s1. The van der Waals surface area contributed by atoms with Crippen molar-refractivity contribution < 1.29 is 46.9 Å². The Balaban J connectivity index is 0.635. The number of phenolic OH excluding ortho intramolecular Hbond substituents is 1. The van der Waals surface area contributed by atoms with Crippen molar-refractivity contribution in [3.8, 4) is 23.0 Å². The molecule has 0 bridgehead atoms. The fourth-order valence-electron chi connectivity index (χ4n) is 14.8. The number of anilines is 1. The molecule has 0 radical (unpaired) electrons. The molecule has 3 aromatic heterocycles. The summed E-state index contributed by atoms with van der Waals surface area (Å²) in [5.74, 6) is -1.68. The van der Waals surface area contributed by atoms with Crippen LogP contribution in [0.25, 0.3) is 44.0 Å². The lowest BCUT2D eigenvalue weighted by molar-refractivity contribution is -0.151. The highest BCUT2D eigenvalue weighted by Gasteiger charge is 2.51. The molecule has 81 heavy (non-hydrogen) atoms. The van der Waals surface area contributed by atoms with Gasteiger partial charge >= 0.3 is 17.8 Å². The van der Waals surface area contributed by atoms with Crippen molar-refractivity contribution in [1.29, 1.82) is 0 Å². The number of nitrogens with one attached hydrogen (secondary N) is 1. The van der Waals surface area contributed by atoms with E-state index in [0.29, 0.717) is 89.3 Å². The van der Waals surface area contributed by atoms with Gasteiger partial charge < -0.3 is 34.0 Å². The number of fused-ring (bicyclic) bond motifs is 4. The van der Waals surface area contributed by atoms with E-state index in [1.165, 1.54) is 27.3 Å². The average molecular weight is 1120 g/mol. The van der Waals surface area contributed by atoms with Gasteiger partial charge in [-0.3, -0.25) is 33.9 Å². The molecule has 7 saturated heterocycles. The van der Waals surface area contributed by atoms with Crippen molar-refractivity contribution in [2.75, 3.05) is 77.1 Å². The van der Waals surface area contributed by atoms with Gasteiger partial charge in [0.2, 0.25) is 11.8 Å². The molecule has 0 aliphatic carbocycles. The van der Waals surface area contributed by atoms with Crippen LogP contribution >= 0.6 is 0 Å². The maximum absolute atomic E-state index is 17.4. The summed E-state index contributed by atoms with van der Waals surface area (Å²) in [6.07, 6.45) is 11.3. The predicted octanol–water partition coefficient (Wildman–Crippen LogP) is 8.02. The lowest BCUT2D eigenvalue weighted by atomic mass is 9.86. The molecule has 428 valence electrons. The van der Waals surface area contributed by atoms with Crippen molar-refractivity contribution in [2.24, 2.45) is 13.0 Å². The van der Waals surface area contributed by atoms with Crippen LogP contribution in [0.1, 0.15) is 113 Å². The smallest absolute Gasteiger partial charge is 0.409 e. The van der Waals surface area contributed by atoms with Crippen LogP contribution < -0.4 is 20.6 Å². The molecular formula is C60H69F3N10O8. The highest BCUT2D eigenvalue weighted by Crippen LogP contribution is 2.45. The van der Waals surface area contributed by atoms with Gasteiger partial charge in [0.15, 0.2) is 5.82 Å². The van der Waals surface area contributed by atoms with Gasteiger partial charge in [-0.1, -0.05) is 13.0 Å². The molecule has 0 saturated carbocycles. The van der Waals surface area contributed by atoms with Gasteiger partial charge in [-0.2, -0.15) is 9.97 Å². The van der Waals surface area contributed by atoms with Gasteiger partial charge in [0, 0.05) is 76.5 Å². The molecule has 3 aromatic carbocycles. The number of hydrogen-bond acceptors (Lipinski definition) is 14. The number of imidazole rings is 1.